The minimum Gasteiger partial charge on any atom is -0.510 e. The van der Waals surface area contributed by atoms with Crippen LogP contribution in [0.15, 0.2) is 18.4 Å². The van der Waals surface area contributed by atoms with Crippen LogP contribution in [-0.4, -0.2) is 93.2 Å². The normalized spacial score (nSPS) is 34.0. The highest BCUT2D eigenvalue weighted by molar-refractivity contribution is 7.99. The number of ether oxygens (including phenoxy) is 5. The number of aromatic hydroxyl groups is 1. The second-order valence-electron chi connectivity index (χ2n) is 14.9. The first-order valence-corrected chi connectivity index (χ1v) is 17.9. The lowest BCUT2D eigenvalue weighted by Crippen LogP contribution is -2.67. The van der Waals surface area contributed by atoms with Crippen LogP contribution in [0.5, 0.6) is 28.7 Å². The zero-order valence-electron chi connectivity index (χ0n) is 29.2. The number of nitrogens with zero attached hydrogens (tertiary/aromatic N) is 2. The van der Waals surface area contributed by atoms with Gasteiger partial charge in [0.1, 0.15) is 24.3 Å². The second kappa shape index (κ2) is 10.9. The van der Waals surface area contributed by atoms with Crippen molar-refractivity contribution in [1.82, 2.24) is 15.1 Å². The van der Waals surface area contributed by atoms with E-state index >= 15 is 0 Å². The maximum atomic E-state index is 14.1. The van der Waals surface area contributed by atoms with E-state index in [2.05, 4.69) is 41.6 Å². The number of methoxy groups -OCH3 is 1. The van der Waals surface area contributed by atoms with Crippen LogP contribution in [-0.2, 0) is 19.9 Å². The third kappa shape index (κ3) is 4.16. The van der Waals surface area contributed by atoms with E-state index in [-0.39, 0.29) is 37.0 Å². The van der Waals surface area contributed by atoms with Crippen molar-refractivity contribution in [3.05, 3.63) is 51.8 Å². The van der Waals surface area contributed by atoms with E-state index in [0.29, 0.717) is 52.7 Å². The number of rotatable bonds is 5. The summed E-state index contributed by atoms with van der Waals surface area (Å²) in [6, 6.07) is 0.752. The number of hydrogen-bond donors (Lipinski definition) is 4. The van der Waals surface area contributed by atoms with E-state index in [0.717, 1.165) is 16.7 Å². The molecule has 3 unspecified atom stereocenters. The molecule has 14 heteroatoms. The number of esters is 2. The fourth-order valence-electron chi connectivity index (χ4n) is 10.1. The van der Waals surface area contributed by atoms with Gasteiger partial charge in [0.25, 0.3) is 0 Å². The molecule has 0 saturated carbocycles. The first-order chi connectivity index (χ1) is 23.6. The molecule has 0 radical (unpaired) electrons. The molecular weight excluding hydrogens is 666 g/mol. The first kappa shape index (κ1) is 33.5. The third-order valence-electron chi connectivity index (χ3n) is 11.8. The van der Waals surface area contributed by atoms with Crippen LogP contribution in [0.3, 0.4) is 0 Å². The molecule has 13 nitrogen and oxygen atoms in total. The number of nitrogens with one attached hydrogen (secondary N) is 1. The minimum absolute atomic E-state index is 0.0300. The average molecular weight is 710 g/mol. The molecule has 2 aromatic rings. The van der Waals surface area contributed by atoms with Crippen LogP contribution in [0.1, 0.15) is 84.8 Å². The SMILES string of the molecule is C=C(O)[C@]1(NC(C)O)CS[C@@H]2c3c(OC(C)=O)c(C)c4c(c3[C@H](COC1=O)N1[C@@H]2[C@@H]2c3c(cc(C)c(OC)c3O)C3(C)CC1(C)CN23)OCO4. The van der Waals surface area contributed by atoms with E-state index in [4.69, 9.17) is 23.7 Å². The maximum Gasteiger partial charge on any atom is 0.335 e. The van der Waals surface area contributed by atoms with Gasteiger partial charge in [-0.3, -0.25) is 19.9 Å². The van der Waals surface area contributed by atoms with Gasteiger partial charge >= 0.3 is 11.9 Å². The molecule has 2 aromatic carbocycles. The van der Waals surface area contributed by atoms with Gasteiger partial charge < -0.3 is 39.0 Å². The number of carbonyl (C=O) groups excluding carboxylic acids is 2. The molecule has 4 bridgehead atoms. The minimum atomic E-state index is -1.86. The fourth-order valence-corrected chi connectivity index (χ4v) is 11.8. The van der Waals surface area contributed by atoms with E-state index in [9.17, 15) is 24.9 Å². The Morgan fingerprint density at radius 2 is 1.88 bits per heavy atom. The number of thioether (sulfide) groups is 1. The highest BCUT2D eigenvalue weighted by Crippen LogP contribution is 2.71. The Bertz CT molecular complexity index is 1880. The molecule has 50 heavy (non-hydrogen) atoms. The molecule has 8 atom stereocenters. The average Bonchev–Trinajstić information content (AvgIpc) is 3.68. The molecule has 7 aliphatic heterocycles. The highest BCUT2D eigenvalue weighted by atomic mass is 32.2. The Hall–Kier alpha value is -3.69. The molecule has 268 valence electrons. The molecule has 3 fully saturated rings. The van der Waals surface area contributed by atoms with Crippen LogP contribution in [0, 0.1) is 13.8 Å². The van der Waals surface area contributed by atoms with Crippen molar-refractivity contribution >= 4 is 23.7 Å². The Labute approximate surface area is 294 Å². The largest absolute Gasteiger partial charge is 0.510 e. The monoisotopic (exact) mass is 709 g/mol. The highest BCUT2D eigenvalue weighted by Gasteiger charge is 2.70. The maximum absolute atomic E-state index is 14.1. The van der Waals surface area contributed by atoms with Crippen LogP contribution in [0.25, 0.3) is 0 Å². The molecule has 9 rings (SSSR count). The van der Waals surface area contributed by atoms with Crippen molar-refractivity contribution < 1.29 is 48.6 Å². The van der Waals surface area contributed by atoms with Gasteiger partial charge in [-0.15, -0.1) is 11.8 Å². The van der Waals surface area contributed by atoms with Gasteiger partial charge in [-0.05, 0) is 58.2 Å². The molecule has 3 saturated heterocycles. The molecule has 4 N–H and O–H groups in total. The summed E-state index contributed by atoms with van der Waals surface area (Å²) in [6.45, 7) is 15.2. The number of phenols is 1. The zero-order chi connectivity index (χ0) is 35.8. The van der Waals surface area contributed by atoms with Crippen LogP contribution in [0.4, 0.5) is 0 Å². The van der Waals surface area contributed by atoms with Crippen molar-refractivity contribution in [3.63, 3.8) is 0 Å². The molecular formula is C36H43N3O10S. The quantitative estimate of drug-likeness (QED) is 0.153. The second-order valence-corrected chi connectivity index (χ2v) is 16.0. The summed E-state index contributed by atoms with van der Waals surface area (Å²) < 4.78 is 30.2. The van der Waals surface area contributed by atoms with Crippen molar-refractivity contribution in [1.29, 1.82) is 0 Å². The zero-order valence-corrected chi connectivity index (χ0v) is 30.0. The Kier molecular flexibility index (Phi) is 7.30. The van der Waals surface area contributed by atoms with Crippen molar-refractivity contribution in [2.45, 2.75) is 94.2 Å². The lowest BCUT2D eigenvalue weighted by atomic mass is 9.72. The van der Waals surface area contributed by atoms with E-state index in [1.165, 1.54) is 25.6 Å². The summed E-state index contributed by atoms with van der Waals surface area (Å²) in [7, 11) is 1.55. The molecule has 0 aliphatic carbocycles. The summed E-state index contributed by atoms with van der Waals surface area (Å²) >= 11 is 1.36. The summed E-state index contributed by atoms with van der Waals surface area (Å²) in [5.74, 6) is -0.0671. The molecule has 7 heterocycles. The van der Waals surface area contributed by atoms with Gasteiger partial charge in [0.05, 0.1) is 24.4 Å². The van der Waals surface area contributed by atoms with E-state index < -0.39 is 51.8 Å². The van der Waals surface area contributed by atoms with Crippen molar-refractivity contribution in [2.75, 3.05) is 32.8 Å². The summed E-state index contributed by atoms with van der Waals surface area (Å²) in [5, 5.41) is 35.9. The van der Waals surface area contributed by atoms with Crippen LogP contribution >= 0.6 is 11.8 Å². The molecule has 7 aliphatic rings. The number of benzene rings is 2. The number of fused-ring (bicyclic) bond motifs is 10. The van der Waals surface area contributed by atoms with Gasteiger partial charge in [-0.2, -0.15) is 0 Å². The van der Waals surface area contributed by atoms with Gasteiger partial charge in [-0.1, -0.05) is 6.58 Å². The standard InChI is InChI=1S/C36H43N3O10S/c1-15-9-20-22(27(43)28(15)45-8)25-26-32-24-23(31-30(47-14-48-31)16(2)29(24)49-19(5)42)21(39(26)34(6)11-35(20,7)38(25)12-34)10-46-33(44)36(13-50-32,17(3)40)37-18(4)41/h9,18,21,25-26,32,37,40-41,43H,3,10-14H2,1-2,4-8H3/t18?,21-,25-,26+,32+,34?,35?,36+/m0/s1. The number of carbonyl (C=O) groups is 2. The van der Waals surface area contributed by atoms with E-state index in [1.54, 1.807) is 7.11 Å². The third-order valence-corrected chi connectivity index (χ3v) is 13.2. The van der Waals surface area contributed by atoms with Gasteiger partial charge in [0.2, 0.25) is 6.79 Å². The Morgan fingerprint density at radius 1 is 1.16 bits per heavy atom. The Morgan fingerprint density at radius 3 is 2.54 bits per heavy atom. The van der Waals surface area contributed by atoms with Crippen LogP contribution in [0.2, 0.25) is 0 Å². The predicted octanol–water partition coefficient (Wildman–Crippen LogP) is 3.91. The Balaban J connectivity index is 1.45. The van der Waals surface area contributed by atoms with Gasteiger partial charge in [0.15, 0.2) is 28.5 Å². The van der Waals surface area contributed by atoms with Crippen molar-refractivity contribution in [3.8, 4) is 28.7 Å². The number of aliphatic hydroxyl groups excluding tert-OH is 2. The van der Waals surface area contributed by atoms with E-state index in [1.807, 2.05) is 13.8 Å². The predicted molar refractivity (Wildman–Crippen MR) is 182 cm³/mol. The van der Waals surface area contributed by atoms with Crippen LogP contribution < -0.4 is 24.3 Å². The van der Waals surface area contributed by atoms with Gasteiger partial charge in [0, 0.05) is 58.6 Å². The van der Waals surface area contributed by atoms with Crippen molar-refractivity contribution in [2.24, 2.45) is 0 Å². The number of hydrogen-bond acceptors (Lipinski definition) is 14. The number of aliphatic hydroxyl groups is 2. The molecule has 0 aromatic heterocycles. The lowest BCUT2D eigenvalue weighted by Gasteiger charge is -2.60. The fraction of sp³-hybridized carbons (Fsp3) is 0.556. The van der Waals surface area contributed by atoms with Gasteiger partial charge in [-0.25, -0.2) is 4.79 Å². The topological polar surface area (TPSA) is 159 Å². The first-order valence-electron chi connectivity index (χ1n) is 16.8. The smallest absolute Gasteiger partial charge is 0.335 e. The lowest BCUT2D eigenvalue weighted by molar-refractivity contribution is -0.158. The number of aryl methyl sites for hydroxylation is 1. The summed E-state index contributed by atoms with van der Waals surface area (Å²) in [4.78, 5) is 31.8. The summed E-state index contributed by atoms with van der Waals surface area (Å²) in [6.07, 6.45) is -0.486. The molecule has 0 spiro atoms. The summed E-state index contributed by atoms with van der Waals surface area (Å²) in [5.41, 5.74) is 1.92. The number of piperazine rings is 1. The number of phenolic OH excluding ortho intramolecular Hbond substituents is 1. The molecule has 0 amide bonds.